The number of unbranched alkanes of at least 4 members (excludes halogenated alkanes) is 1. The van der Waals surface area contributed by atoms with Crippen LogP contribution in [0.15, 0.2) is 65.5 Å². The van der Waals surface area contributed by atoms with E-state index in [1.54, 1.807) is 55.5 Å². The van der Waals surface area contributed by atoms with Crippen LogP contribution in [0.4, 0.5) is 0 Å². The van der Waals surface area contributed by atoms with Crippen molar-refractivity contribution >= 4 is 23.6 Å². The van der Waals surface area contributed by atoms with Crippen LogP contribution < -0.4 is 5.69 Å². The molecule has 0 atom stereocenters. The minimum Gasteiger partial charge on any atom is -0.466 e. The Balaban J connectivity index is 1.99. The number of Topliss-reactive ketones (excluding diaryl/α,β-unsaturated/α-hetero) is 1. The first-order valence-corrected chi connectivity index (χ1v) is 11.1. The SMILES string of the molecule is CCOC(=O)CCCCC(=O)c1c(C)n(C(=O)c2ccccc2)c(=O)n1C(=O)c1ccccc1. The lowest BCUT2D eigenvalue weighted by molar-refractivity contribution is -0.143. The topological polar surface area (TPSA) is 104 Å². The summed E-state index contributed by atoms with van der Waals surface area (Å²) in [7, 11) is 0. The highest BCUT2D eigenvalue weighted by Crippen LogP contribution is 2.16. The van der Waals surface area contributed by atoms with E-state index in [1.165, 1.54) is 19.1 Å². The first kappa shape index (κ1) is 24.6. The van der Waals surface area contributed by atoms with Crippen molar-refractivity contribution in [3.8, 4) is 0 Å². The highest BCUT2D eigenvalue weighted by molar-refractivity contribution is 6.06. The molecule has 176 valence electrons. The first-order chi connectivity index (χ1) is 16.4. The van der Waals surface area contributed by atoms with Crippen LogP contribution >= 0.6 is 0 Å². The number of imidazole rings is 1. The largest absolute Gasteiger partial charge is 0.466 e. The van der Waals surface area contributed by atoms with Gasteiger partial charge in [0.15, 0.2) is 5.78 Å². The zero-order valence-corrected chi connectivity index (χ0v) is 19.2. The quantitative estimate of drug-likeness (QED) is 0.273. The van der Waals surface area contributed by atoms with Gasteiger partial charge in [-0.1, -0.05) is 36.4 Å². The number of rotatable bonds is 9. The van der Waals surface area contributed by atoms with E-state index in [1.807, 2.05) is 0 Å². The van der Waals surface area contributed by atoms with Gasteiger partial charge in [0.2, 0.25) is 0 Å². The second kappa shape index (κ2) is 11.2. The predicted molar refractivity (Wildman–Crippen MR) is 125 cm³/mol. The van der Waals surface area contributed by atoms with Crippen molar-refractivity contribution in [1.82, 2.24) is 9.13 Å². The third-order valence-corrected chi connectivity index (χ3v) is 5.34. The molecule has 8 nitrogen and oxygen atoms in total. The van der Waals surface area contributed by atoms with Gasteiger partial charge in [0.05, 0.1) is 12.3 Å². The smallest absolute Gasteiger partial charge is 0.343 e. The summed E-state index contributed by atoms with van der Waals surface area (Å²) in [4.78, 5) is 64.3. The van der Waals surface area contributed by atoms with E-state index >= 15 is 0 Å². The molecule has 0 aliphatic heterocycles. The monoisotopic (exact) mass is 462 g/mol. The van der Waals surface area contributed by atoms with Crippen LogP contribution in [0, 0.1) is 6.92 Å². The van der Waals surface area contributed by atoms with Crippen LogP contribution in [0.25, 0.3) is 0 Å². The lowest BCUT2D eigenvalue weighted by atomic mass is 10.1. The molecule has 3 aromatic rings. The van der Waals surface area contributed by atoms with Crippen molar-refractivity contribution in [2.45, 2.75) is 39.5 Å². The third-order valence-electron chi connectivity index (χ3n) is 5.34. The molecule has 0 saturated carbocycles. The summed E-state index contributed by atoms with van der Waals surface area (Å²) in [6, 6.07) is 16.3. The van der Waals surface area contributed by atoms with Crippen molar-refractivity contribution < 1.29 is 23.9 Å². The number of aromatic nitrogens is 2. The molecule has 0 unspecified atom stereocenters. The number of nitrogens with zero attached hydrogens (tertiary/aromatic N) is 2. The Hall–Kier alpha value is -4.07. The van der Waals surface area contributed by atoms with Gasteiger partial charge in [0.1, 0.15) is 5.69 Å². The second-order valence-corrected chi connectivity index (χ2v) is 7.67. The molecule has 0 spiro atoms. The number of hydrogen-bond acceptors (Lipinski definition) is 6. The van der Waals surface area contributed by atoms with E-state index < -0.39 is 23.3 Å². The molecule has 3 rings (SSSR count). The molecule has 8 heteroatoms. The van der Waals surface area contributed by atoms with E-state index in [9.17, 15) is 24.0 Å². The van der Waals surface area contributed by atoms with Gasteiger partial charge >= 0.3 is 11.7 Å². The Morgan fingerprint density at radius 1 is 0.765 bits per heavy atom. The van der Waals surface area contributed by atoms with Crippen LogP contribution in [0.1, 0.15) is 69.5 Å². The molecule has 34 heavy (non-hydrogen) atoms. The predicted octanol–water partition coefficient (Wildman–Crippen LogP) is 3.64. The molecular formula is C26H26N2O6. The van der Waals surface area contributed by atoms with E-state index in [0.717, 1.165) is 9.13 Å². The van der Waals surface area contributed by atoms with Crippen molar-refractivity contribution in [3.05, 3.63) is 93.7 Å². The standard InChI is InChI=1S/C26H26N2O6/c1-3-34-22(30)17-11-10-16-21(29)23-18(2)27(24(31)19-12-6-4-7-13-19)26(33)28(23)25(32)20-14-8-5-9-15-20/h4-9,12-15H,3,10-11,16-17H2,1-2H3. The van der Waals surface area contributed by atoms with Crippen LogP contribution in [0.5, 0.6) is 0 Å². The molecule has 2 aromatic carbocycles. The fraction of sp³-hybridized carbons (Fsp3) is 0.269. The maximum absolute atomic E-state index is 13.3. The molecule has 1 aromatic heterocycles. The Morgan fingerprint density at radius 2 is 1.26 bits per heavy atom. The van der Waals surface area contributed by atoms with Crippen molar-refractivity contribution in [1.29, 1.82) is 0 Å². The normalized spacial score (nSPS) is 10.6. The highest BCUT2D eigenvalue weighted by atomic mass is 16.5. The highest BCUT2D eigenvalue weighted by Gasteiger charge is 2.29. The van der Waals surface area contributed by atoms with Crippen LogP contribution in [0.3, 0.4) is 0 Å². The van der Waals surface area contributed by atoms with E-state index in [0.29, 0.717) is 12.8 Å². The van der Waals surface area contributed by atoms with E-state index in [4.69, 9.17) is 4.74 Å². The fourth-order valence-corrected chi connectivity index (χ4v) is 3.69. The van der Waals surface area contributed by atoms with Gasteiger partial charge in [0.25, 0.3) is 11.8 Å². The van der Waals surface area contributed by atoms with Gasteiger partial charge in [-0.3, -0.25) is 19.2 Å². The molecule has 0 N–H and O–H groups in total. The lowest BCUT2D eigenvalue weighted by Crippen LogP contribution is -2.34. The molecule has 0 aliphatic carbocycles. The van der Waals surface area contributed by atoms with Gasteiger partial charge in [-0.15, -0.1) is 0 Å². The molecule has 0 radical (unpaired) electrons. The number of ketones is 1. The van der Waals surface area contributed by atoms with Crippen LogP contribution in [-0.2, 0) is 9.53 Å². The Bertz CT molecular complexity index is 1260. The van der Waals surface area contributed by atoms with Crippen LogP contribution in [0.2, 0.25) is 0 Å². The fourth-order valence-electron chi connectivity index (χ4n) is 3.69. The Kier molecular flexibility index (Phi) is 8.08. The average Bonchev–Trinajstić information content (AvgIpc) is 3.11. The van der Waals surface area contributed by atoms with E-state index in [2.05, 4.69) is 0 Å². The Morgan fingerprint density at radius 3 is 1.79 bits per heavy atom. The minimum atomic E-state index is -0.893. The molecule has 0 bridgehead atoms. The summed E-state index contributed by atoms with van der Waals surface area (Å²) >= 11 is 0. The zero-order chi connectivity index (χ0) is 24.7. The summed E-state index contributed by atoms with van der Waals surface area (Å²) in [6.07, 6.45) is 0.960. The molecule has 0 saturated heterocycles. The first-order valence-electron chi connectivity index (χ1n) is 11.1. The molecular weight excluding hydrogens is 436 g/mol. The number of hydrogen-bond donors (Lipinski definition) is 0. The molecule has 0 fully saturated rings. The number of ether oxygens (including phenoxy) is 1. The van der Waals surface area contributed by atoms with E-state index in [-0.39, 0.29) is 47.9 Å². The number of carbonyl (C=O) groups is 4. The number of benzene rings is 2. The number of esters is 1. The summed E-state index contributed by atoms with van der Waals surface area (Å²) in [6.45, 7) is 3.48. The third kappa shape index (κ3) is 5.28. The van der Waals surface area contributed by atoms with Crippen LogP contribution in [-0.4, -0.2) is 39.3 Å². The summed E-state index contributed by atoms with van der Waals surface area (Å²) in [5.41, 5.74) is -0.455. The van der Waals surface area contributed by atoms with Gasteiger partial charge in [0, 0.05) is 24.0 Å². The zero-order valence-electron chi connectivity index (χ0n) is 19.2. The van der Waals surface area contributed by atoms with Gasteiger partial charge in [-0.05, 0) is 51.0 Å². The molecule has 0 amide bonds. The maximum Gasteiger partial charge on any atom is 0.343 e. The molecule has 1 heterocycles. The second-order valence-electron chi connectivity index (χ2n) is 7.67. The Labute approximate surface area is 196 Å². The van der Waals surface area contributed by atoms with Crippen molar-refractivity contribution in [3.63, 3.8) is 0 Å². The lowest BCUT2D eigenvalue weighted by Gasteiger charge is -2.07. The van der Waals surface area contributed by atoms with Gasteiger partial charge in [-0.25, -0.2) is 13.9 Å². The minimum absolute atomic E-state index is 0.00525. The summed E-state index contributed by atoms with van der Waals surface area (Å²) in [5, 5.41) is 0. The van der Waals surface area contributed by atoms with Gasteiger partial charge < -0.3 is 4.74 Å². The van der Waals surface area contributed by atoms with Crippen molar-refractivity contribution in [2.24, 2.45) is 0 Å². The van der Waals surface area contributed by atoms with Gasteiger partial charge in [-0.2, -0.15) is 0 Å². The summed E-state index contributed by atoms with van der Waals surface area (Å²) < 4.78 is 6.53. The van der Waals surface area contributed by atoms with Crippen molar-refractivity contribution in [2.75, 3.05) is 6.61 Å². The average molecular weight is 463 g/mol. The molecule has 0 aliphatic rings. The summed E-state index contributed by atoms with van der Waals surface area (Å²) in [5.74, 6) is -2.12. The maximum atomic E-state index is 13.3. The number of carbonyl (C=O) groups excluding carboxylic acids is 4.